The molecule has 1 aliphatic heterocycles. The largest absolute Gasteiger partial charge is 0.488 e. The number of imide groups is 1. The van der Waals surface area contributed by atoms with Gasteiger partial charge in [-0.15, -0.1) is 0 Å². The van der Waals surface area contributed by atoms with E-state index in [0.717, 1.165) is 33.0 Å². The number of rotatable bonds is 7. The van der Waals surface area contributed by atoms with Gasteiger partial charge in [-0.05, 0) is 64.5 Å². The van der Waals surface area contributed by atoms with Crippen LogP contribution in [0, 0.1) is 0 Å². The number of para-hydroxylation sites is 1. The van der Waals surface area contributed by atoms with E-state index in [1.807, 2.05) is 48.5 Å². The quantitative estimate of drug-likeness (QED) is 0.197. The predicted octanol–water partition coefficient (Wildman–Crippen LogP) is 6.99. The molecule has 0 radical (unpaired) electrons. The van der Waals surface area contributed by atoms with Gasteiger partial charge in [0.25, 0.3) is 11.1 Å². The van der Waals surface area contributed by atoms with Gasteiger partial charge in [-0.25, -0.2) is 0 Å². The molecule has 0 aliphatic carbocycles. The summed E-state index contributed by atoms with van der Waals surface area (Å²) in [5, 5.41) is 2.27. The second kappa shape index (κ2) is 10.4. The second-order valence-corrected chi connectivity index (χ2v) is 9.59. The zero-order valence-electron chi connectivity index (χ0n) is 19.0. The van der Waals surface area contributed by atoms with Gasteiger partial charge in [-0.2, -0.15) is 0 Å². The monoisotopic (exact) mass is 513 g/mol. The number of carbonyl (C=O) groups excluding carboxylic acids is 3. The van der Waals surface area contributed by atoms with Crippen molar-refractivity contribution in [2.24, 2.45) is 0 Å². The van der Waals surface area contributed by atoms with E-state index in [4.69, 9.17) is 16.3 Å². The molecule has 4 aromatic rings. The fourth-order valence-electron chi connectivity index (χ4n) is 3.95. The van der Waals surface area contributed by atoms with Gasteiger partial charge in [0.05, 0.1) is 11.4 Å². The summed E-state index contributed by atoms with van der Waals surface area (Å²) in [6, 6.07) is 27.9. The maximum Gasteiger partial charge on any atom is 0.293 e. The molecule has 0 unspecified atom stereocenters. The summed E-state index contributed by atoms with van der Waals surface area (Å²) in [6.45, 7) is 0.0200. The molecule has 178 valence electrons. The third-order valence-electron chi connectivity index (χ3n) is 5.81. The average molecular weight is 514 g/mol. The average Bonchev–Trinajstić information content (AvgIpc) is 3.15. The Morgan fingerprint density at radius 3 is 2.44 bits per heavy atom. The number of ether oxygens (including phenoxy) is 1. The lowest BCUT2D eigenvalue weighted by Gasteiger charge is -2.12. The highest BCUT2D eigenvalue weighted by Crippen LogP contribution is 2.34. The predicted molar refractivity (Wildman–Crippen MR) is 143 cm³/mol. The number of fused-ring (bicyclic) bond motifs is 1. The first-order chi connectivity index (χ1) is 17.5. The van der Waals surface area contributed by atoms with Crippen LogP contribution < -0.4 is 4.74 Å². The van der Waals surface area contributed by atoms with E-state index in [0.29, 0.717) is 28.5 Å². The summed E-state index contributed by atoms with van der Waals surface area (Å²) in [5.41, 5.74) is 2.10. The van der Waals surface area contributed by atoms with Gasteiger partial charge in [0.15, 0.2) is 5.78 Å². The van der Waals surface area contributed by atoms with Crippen LogP contribution in [0.25, 0.3) is 16.8 Å². The van der Waals surface area contributed by atoms with E-state index in [-0.39, 0.29) is 17.2 Å². The number of ketones is 1. The molecule has 7 heteroatoms. The van der Waals surface area contributed by atoms with Crippen molar-refractivity contribution in [3.05, 3.63) is 118 Å². The SMILES string of the molecule is O=C(CN1C(=O)S/C(=C\c2ccccc2OCc2cccc3ccccc23)C1=O)c1ccc(Cl)cc1. The summed E-state index contributed by atoms with van der Waals surface area (Å²) in [7, 11) is 0. The lowest BCUT2D eigenvalue weighted by Crippen LogP contribution is -2.33. The van der Waals surface area contributed by atoms with Gasteiger partial charge in [0.2, 0.25) is 0 Å². The number of amides is 2. The summed E-state index contributed by atoms with van der Waals surface area (Å²) >= 11 is 6.68. The number of thioether (sulfide) groups is 1. The first-order valence-corrected chi connectivity index (χ1v) is 12.4. The number of benzene rings is 4. The molecular formula is C29H20ClNO4S. The van der Waals surface area contributed by atoms with Crippen molar-refractivity contribution in [3.63, 3.8) is 0 Å². The van der Waals surface area contributed by atoms with Crippen molar-refractivity contribution >= 4 is 57.1 Å². The molecule has 1 heterocycles. The Labute approximate surface area is 217 Å². The second-order valence-electron chi connectivity index (χ2n) is 8.16. The fraction of sp³-hybridized carbons (Fsp3) is 0.0690. The van der Waals surface area contributed by atoms with Crippen LogP contribution in [0.3, 0.4) is 0 Å². The zero-order chi connectivity index (χ0) is 25.1. The highest BCUT2D eigenvalue weighted by Gasteiger charge is 2.36. The molecule has 0 atom stereocenters. The van der Waals surface area contributed by atoms with Crippen LogP contribution in [0.2, 0.25) is 5.02 Å². The maximum atomic E-state index is 13.0. The van der Waals surface area contributed by atoms with E-state index in [1.54, 1.807) is 30.3 Å². The van der Waals surface area contributed by atoms with E-state index in [2.05, 4.69) is 18.2 Å². The number of carbonyl (C=O) groups is 3. The Morgan fingerprint density at radius 2 is 1.61 bits per heavy atom. The first-order valence-electron chi connectivity index (χ1n) is 11.2. The van der Waals surface area contributed by atoms with Crippen molar-refractivity contribution in [1.29, 1.82) is 0 Å². The highest BCUT2D eigenvalue weighted by atomic mass is 35.5. The van der Waals surface area contributed by atoms with Crippen molar-refractivity contribution in [3.8, 4) is 5.75 Å². The van der Waals surface area contributed by atoms with Crippen LogP contribution >= 0.6 is 23.4 Å². The number of hydrogen-bond acceptors (Lipinski definition) is 5. The van der Waals surface area contributed by atoms with Crippen molar-refractivity contribution in [2.45, 2.75) is 6.61 Å². The first kappa shape index (κ1) is 23.9. The number of nitrogens with zero attached hydrogens (tertiary/aromatic N) is 1. The van der Waals surface area contributed by atoms with Crippen LogP contribution in [0.1, 0.15) is 21.5 Å². The molecule has 4 aromatic carbocycles. The molecule has 36 heavy (non-hydrogen) atoms. The smallest absolute Gasteiger partial charge is 0.293 e. The number of halogens is 1. The Morgan fingerprint density at radius 1 is 0.889 bits per heavy atom. The topological polar surface area (TPSA) is 63.7 Å². The molecule has 2 amide bonds. The van der Waals surface area contributed by atoms with Gasteiger partial charge in [0, 0.05) is 16.1 Å². The number of hydrogen-bond donors (Lipinski definition) is 0. The minimum Gasteiger partial charge on any atom is -0.488 e. The van der Waals surface area contributed by atoms with Crippen molar-refractivity contribution in [2.75, 3.05) is 6.54 Å². The molecular weight excluding hydrogens is 494 g/mol. The molecule has 5 rings (SSSR count). The molecule has 1 aliphatic rings. The molecule has 1 saturated heterocycles. The Balaban J connectivity index is 1.33. The normalized spacial score (nSPS) is 14.6. The maximum absolute atomic E-state index is 13.0. The Bertz CT molecular complexity index is 1510. The van der Waals surface area contributed by atoms with Crippen molar-refractivity contribution in [1.82, 2.24) is 4.90 Å². The minimum absolute atomic E-state index is 0.241. The summed E-state index contributed by atoms with van der Waals surface area (Å²) < 4.78 is 6.13. The van der Waals surface area contributed by atoms with E-state index >= 15 is 0 Å². The molecule has 5 nitrogen and oxygen atoms in total. The van der Waals surface area contributed by atoms with Gasteiger partial charge in [0.1, 0.15) is 12.4 Å². The van der Waals surface area contributed by atoms with Gasteiger partial charge in [-0.1, -0.05) is 72.3 Å². The Kier molecular flexibility index (Phi) is 6.89. The van der Waals surface area contributed by atoms with Crippen LogP contribution in [0.4, 0.5) is 4.79 Å². The van der Waals surface area contributed by atoms with Gasteiger partial charge in [-0.3, -0.25) is 19.3 Å². The lowest BCUT2D eigenvalue weighted by molar-refractivity contribution is -0.122. The van der Waals surface area contributed by atoms with Crippen LogP contribution in [-0.4, -0.2) is 28.4 Å². The third kappa shape index (κ3) is 5.05. The molecule has 0 aromatic heterocycles. The molecule has 0 saturated carbocycles. The summed E-state index contributed by atoms with van der Waals surface area (Å²) in [4.78, 5) is 39.3. The van der Waals surface area contributed by atoms with Gasteiger partial charge < -0.3 is 4.74 Å². The van der Waals surface area contributed by atoms with Crippen molar-refractivity contribution < 1.29 is 19.1 Å². The fourth-order valence-corrected chi connectivity index (χ4v) is 4.91. The van der Waals surface area contributed by atoms with Crippen LogP contribution in [0.15, 0.2) is 95.9 Å². The van der Waals surface area contributed by atoms with Crippen LogP contribution in [-0.2, 0) is 11.4 Å². The van der Waals surface area contributed by atoms with E-state index in [9.17, 15) is 14.4 Å². The molecule has 0 spiro atoms. The third-order valence-corrected chi connectivity index (χ3v) is 6.97. The molecule has 1 fully saturated rings. The van der Waals surface area contributed by atoms with E-state index < -0.39 is 11.1 Å². The summed E-state index contributed by atoms with van der Waals surface area (Å²) in [5.74, 6) is -0.250. The highest BCUT2D eigenvalue weighted by molar-refractivity contribution is 8.18. The van der Waals surface area contributed by atoms with Gasteiger partial charge >= 0.3 is 0 Å². The lowest BCUT2D eigenvalue weighted by atomic mass is 10.1. The summed E-state index contributed by atoms with van der Waals surface area (Å²) in [6.07, 6.45) is 1.64. The Hall–Kier alpha value is -3.87. The minimum atomic E-state index is -0.504. The molecule has 0 bridgehead atoms. The van der Waals surface area contributed by atoms with Crippen LogP contribution in [0.5, 0.6) is 5.75 Å². The number of Topliss-reactive ketones (excluding diaryl/α,β-unsaturated/α-hetero) is 1. The molecule has 0 N–H and O–H groups in total. The zero-order valence-corrected chi connectivity index (χ0v) is 20.6. The van der Waals surface area contributed by atoms with E-state index in [1.165, 1.54) is 0 Å². The standard InChI is InChI=1S/C29H20ClNO4S/c30-23-14-12-20(13-15-23)25(32)17-31-28(33)27(36-29(31)34)16-21-7-2-4-11-26(21)35-18-22-9-5-8-19-6-1-3-10-24(19)22/h1-16H,17-18H2/b27-16-.